The zero-order valence-corrected chi connectivity index (χ0v) is 9.78. The van der Waals surface area contributed by atoms with Crippen LogP contribution in [0, 0.1) is 5.95 Å². The van der Waals surface area contributed by atoms with Crippen molar-refractivity contribution in [1.29, 1.82) is 0 Å². The van der Waals surface area contributed by atoms with Gasteiger partial charge in [0.15, 0.2) is 0 Å². The summed E-state index contributed by atoms with van der Waals surface area (Å²) in [5.41, 5.74) is 3.31. The van der Waals surface area contributed by atoms with Crippen molar-refractivity contribution in [2.45, 2.75) is 19.9 Å². The highest BCUT2D eigenvalue weighted by atomic mass is 19.1. The molecule has 0 amide bonds. The maximum atomic E-state index is 12.9. The summed E-state index contributed by atoms with van der Waals surface area (Å²) in [7, 11) is 0. The number of anilines is 1. The molecule has 0 spiro atoms. The number of hydrogen-bond acceptors (Lipinski definition) is 2. The summed E-state index contributed by atoms with van der Waals surface area (Å²) in [5, 5.41) is 3.20. The molecule has 0 aliphatic rings. The van der Waals surface area contributed by atoms with Crippen LogP contribution in [0.5, 0.6) is 0 Å². The molecule has 0 unspecified atom stereocenters. The Kier molecular flexibility index (Phi) is 3.70. The second-order valence-electron chi connectivity index (χ2n) is 3.84. The van der Waals surface area contributed by atoms with E-state index in [2.05, 4.69) is 29.4 Å². The van der Waals surface area contributed by atoms with Gasteiger partial charge in [0.25, 0.3) is 0 Å². The van der Waals surface area contributed by atoms with Gasteiger partial charge in [-0.2, -0.15) is 4.39 Å². The highest BCUT2D eigenvalue weighted by molar-refractivity contribution is 5.42. The number of halogens is 1. The SMILES string of the molecule is CCc1ccccc1CNc1ccnc(F)c1. The minimum atomic E-state index is -0.459. The first-order chi connectivity index (χ1) is 8.29. The van der Waals surface area contributed by atoms with Gasteiger partial charge in [-0.15, -0.1) is 0 Å². The van der Waals surface area contributed by atoms with Gasteiger partial charge < -0.3 is 5.32 Å². The summed E-state index contributed by atoms with van der Waals surface area (Å²) < 4.78 is 12.9. The van der Waals surface area contributed by atoms with Crippen molar-refractivity contribution in [1.82, 2.24) is 4.98 Å². The van der Waals surface area contributed by atoms with E-state index in [4.69, 9.17) is 0 Å². The maximum absolute atomic E-state index is 12.9. The summed E-state index contributed by atoms with van der Waals surface area (Å²) in [6.07, 6.45) is 2.46. The number of aromatic nitrogens is 1. The van der Waals surface area contributed by atoms with Gasteiger partial charge in [0.1, 0.15) is 0 Å². The first-order valence-corrected chi connectivity index (χ1v) is 5.72. The molecule has 3 heteroatoms. The average Bonchev–Trinajstić information content (AvgIpc) is 2.37. The van der Waals surface area contributed by atoms with Crippen LogP contribution in [0.1, 0.15) is 18.1 Å². The quantitative estimate of drug-likeness (QED) is 0.814. The molecule has 0 aliphatic carbocycles. The highest BCUT2D eigenvalue weighted by Crippen LogP contribution is 2.13. The third-order valence-electron chi connectivity index (χ3n) is 2.71. The molecule has 2 rings (SSSR count). The molecule has 1 aromatic heterocycles. The highest BCUT2D eigenvalue weighted by Gasteiger charge is 2.00. The van der Waals surface area contributed by atoms with Crippen molar-refractivity contribution < 1.29 is 4.39 Å². The minimum Gasteiger partial charge on any atom is -0.381 e. The Balaban J connectivity index is 2.07. The van der Waals surface area contributed by atoms with Crippen molar-refractivity contribution in [2.24, 2.45) is 0 Å². The molecule has 0 saturated heterocycles. The summed E-state index contributed by atoms with van der Waals surface area (Å²) in [5.74, 6) is -0.459. The van der Waals surface area contributed by atoms with Crippen molar-refractivity contribution >= 4 is 5.69 Å². The van der Waals surface area contributed by atoms with Crippen LogP contribution in [0.3, 0.4) is 0 Å². The number of nitrogens with one attached hydrogen (secondary N) is 1. The first kappa shape index (κ1) is 11.6. The average molecular weight is 230 g/mol. The molecule has 2 aromatic rings. The standard InChI is InChI=1S/C14H15FN2/c1-2-11-5-3-4-6-12(11)10-17-13-7-8-16-14(15)9-13/h3-9H,2,10H2,1H3,(H,16,17). The fourth-order valence-corrected chi connectivity index (χ4v) is 1.78. The van der Waals surface area contributed by atoms with E-state index in [1.807, 2.05) is 12.1 Å². The van der Waals surface area contributed by atoms with Crippen LogP contribution < -0.4 is 5.32 Å². The molecule has 88 valence electrons. The fraction of sp³-hybridized carbons (Fsp3) is 0.214. The van der Waals surface area contributed by atoms with E-state index in [0.29, 0.717) is 6.54 Å². The van der Waals surface area contributed by atoms with Crippen molar-refractivity contribution in [3.05, 3.63) is 59.7 Å². The molecule has 0 fully saturated rings. The Morgan fingerprint density at radius 1 is 1.18 bits per heavy atom. The number of benzene rings is 1. The van der Waals surface area contributed by atoms with Crippen molar-refractivity contribution in [3.63, 3.8) is 0 Å². The van der Waals surface area contributed by atoms with Crippen LogP contribution >= 0.6 is 0 Å². The number of pyridine rings is 1. The van der Waals surface area contributed by atoms with Gasteiger partial charge in [0.2, 0.25) is 5.95 Å². The van der Waals surface area contributed by atoms with E-state index in [9.17, 15) is 4.39 Å². The molecule has 1 N–H and O–H groups in total. The van der Waals surface area contributed by atoms with Gasteiger partial charge in [-0.05, 0) is 23.6 Å². The zero-order chi connectivity index (χ0) is 12.1. The van der Waals surface area contributed by atoms with E-state index in [0.717, 1.165) is 12.1 Å². The number of aryl methyl sites for hydroxylation is 1. The van der Waals surface area contributed by atoms with Crippen LogP contribution in [0.25, 0.3) is 0 Å². The van der Waals surface area contributed by atoms with Crippen LogP contribution in [-0.4, -0.2) is 4.98 Å². The predicted molar refractivity (Wildman–Crippen MR) is 67.3 cm³/mol. The fourth-order valence-electron chi connectivity index (χ4n) is 1.78. The van der Waals surface area contributed by atoms with Gasteiger partial charge >= 0.3 is 0 Å². The van der Waals surface area contributed by atoms with Crippen LogP contribution in [0.2, 0.25) is 0 Å². The Labute approximate surface area is 101 Å². The topological polar surface area (TPSA) is 24.9 Å². The number of rotatable bonds is 4. The second kappa shape index (κ2) is 5.43. The maximum Gasteiger partial charge on any atom is 0.214 e. The lowest BCUT2D eigenvalue weighted by atomic mass is 10.1. The third-order valence-corrected chi connectivity index (χ3v) is 2.71. The molecule has 17 heavy (non-hydrogen) atoms. The van der Waals surface area contributed by atoms with Gasteiger partial charge in [-0.25, -0.2) is 4.98 Å². The molecule has 0 saturated carbocycles. The second-order valence-corrected chi connectivity index (χ2v) is 3.84. The predicted octanol–water partition coefficient (Wildman–Crippen LogP) is 3.40. The van der Waals surface area contributed by atoms with Gasteiger partial charge in [-0.3, -0.25) is 0 Å². The lowest BCUT2D eigenvalue weighted by Gasteiger charge is -2.10. The third kappa shape index (κ3) is 3.03. The van der Waals surface area contributed by atoms with E-state index in [-0.39, 0.29) is 0 Å². The summed E-state index contributed by atoms with van der Waals surface area (Å²) in [6.45, 7) is 2.83. The Morgan fingerprint density at radius 3 is 2.65 bits per heavy atom. The number of nitrogens with zero attached hydrogens (tertiary/aromatic N) is 1. The lowest BCUT2D eigenvalue weighted by molar-refractivity contribution is 0.584. The molecule has 0 bridgehead atoms. The molecular formula is C14H15FN2. The smallest absolute Gasteiger partial charge is 0.214 e. The van der Waals surface area contributed by atoms with E-state index in [1.165, 1.54) is 23.4 Å². The van der Waals surface area contributed by atoms with Gasteiger partial charge in [-0.1, -0.05) is 31.2 Å². The largest absolute Gasteiger partial charge is 0.381 e. The van der Waals surface area contributed by atoms with E-state index >= 15 is 0 Å². The summed E-state index contributed by atoms with van der Waals surface area (Å²) in [6, 6.07) is 11.4. The van der Waals surface area contributed by atoms with Gasteiger partial charge in [0.05, 0.1) is 0 Å². The molecule has 1 heterocycles. The molecule has 1 aromatic carbocycles. The zero-order valence-electron chi connectivity index (χ0n) is 9.78. The van der Waals surface area contributed by atoms with Crippen LogP contribution in [0.4, 0.5) is 10.1 Å². The summed E-state index contributed by atoms with van der Waals surface area (Å²) in [4.78, 5) is 3.52. The molecule has 2 nitrogen and oxygen atoms in total. The van der Waals surface area contributed by atoms with Gasteiger partial charge in [0, 0.05) is 24.5 Å². The Morgan fingerprint density at radius 2 is 1.94 bits per heavy atom. The minimum absolute atomic E-state index is 0.459. The molecule has 0 radical (unpaired) electrons. The van der Waals surface area contributed by atoms with Crippen molar-refractivity contribution in [2.75, 3.05) is 5.32 Å². The lowest BCUT2D eigenvalue weighted by Crippen LogP contribution is -2.02. The molecule has 0 aliphatic heterocycles. The Bertz CT molecular complexity index is 497. The number of hydrogen-bond donors (Lipinski definition) is 1. The normalized spacial score (nSPS) is 10.2. The molecule has 0 atom stereocenters. The first-order valence-electron chi connectivity index (χ1n) is 5.72. The monoisotopic (exact) mass is 230 g/mol. The summed E-state index contributed by atoms with van der Waals surface area (Å²) >= 11 is 0. The van der Waals surface area contributed by atoms with Crippen LogP contribution in [-0.2, 0) is 13.0 Å². The van der Waals surface area contributed by atoms with Crippen molar-refractivity contribution in [3.8, 4) is 0 Å². The molecular weight excluding hydrogens is 215 g/mol. The van der Waals surface area contributed by atoms with Crippen LogP contribution in [0.15, 0.2) is 42.6 Å². The van der Waals surface area contributed by atoms with E-state index < -0.39 is 5.95 Å². The Hall–Kier alpha value is -1.90. The van der Waals surface area contributed by atoms with E-state index in [1.54, 1.807) is 6.07 Å².